The minimum absolute atomic E-state index is 0.0279. The maximum Gasteiger partial charge on any atom is 0.260 e. The van der Waals surface area contributed by atoms with Crippen LogP contribution in [0.2, 0.25) is 0 Å². The van der Waals surface area contributed by atoms with Crippen LogP contribution in [0.5, 0.6) is 0 Å². The molecule has 8 nitrogen and oxygen atoms in total. The fraction of sp³-hybridized carbons (Fsp3) is 0.412. The van der Waals surface area contributed by atoms with Gasteiger partial charge in [-0.15, -0.1) is 0 Å². The van der Waals surface area contributed by atoms with Gasteiger partial charge in [-0.1, -0.05) is 0 Å². The number of fused-ring (bicyclic) bond motifs is 1. The Kier molecular flexibility index (Phi) is 3.31. The molecule has 1 amide bonds. The number of carbonyl (C=O) groups is 1. The fourth-order valence-corrected chi connectivity index (χ4v) is 2.82. The Morgan fingerprint density at radius 3 is 2.72 bits per heavy atom. The van der Waals surface area contributed by atoms with Crippen LogP contribution < -0.4 is 10.6 Å². The Balaban J connectivity index is 1.76. The first-order valence-electron chi connectivity index (χ1n) is 8.20. The molecule has 8 heteroatoms. The van der Waals surface area contributed by atoms with E-state index in [0.717, 1.165) is 18.5 Å². The fourth-order valence-electron chi connectivity index (χ4n) is 2.82. The second-order valence-corrected chi connectivity index (χ2v) is 6.84. The van der Waals surface area contributed by atoms with E-state index < -0.39 is 0 Å². The molecule has 130 valence electrons. The van der Waals surface area contributed by atoms with Gasteiger partial charge in [-0.05, 0) is 33.6 Å². The summed E-state index contributed by atoms with van der Waals surface area (Å²) >= 11 is 0. The maximum absolute atomic E-state index is 12.9. The maximum atomic E-state index is 12.9. The molecule has 25 heavy (non-hydrogen) atoms. The number of nitrogens with zero attached hydrogens (tertiary/aromatic N) is 4. The number of furan rings is 1. The Hall–Kier alpha value is -2.90. The van der Waals surface area contributed by atoms with Gasteiger partial charge in [0.2, 0.25) is 5.71 Å². The monoisotopic (exact) mass is 340 g/mol. The van der Waals surface area contributed by atoms with Crippen molar-refractivity contribution in [2.24, 2.45) is 7.05 Å². The van der Waals surface area contributed by atoms with Gasteiger partial charge in [0.05, 0.1) is 28.5 Å². The van der Waals surface area contributed by atoms with Gasteiger partial charge in [0, 0.05) is 12.6 Å². The van der Waals surface area contributed by atoms with E-state index in [1.165, 1.54) is 6.33 Å². The van der Waals surface area contributed by atoms with Crippen LogP contribution >= 0.6 is 0 Å². The summed E-state index contributed by atoms with van der Waals surface area (Å²) in [6, 6.07) is 0. The molecule has 1 aliphatic rings. The summed E-state index contributed by atoms with van der Waals surface area (Å²) < 4.78 is 7.40. The molecule has 0 atom stereocenters. The van der Waals surface area contributed by atoms with Crippen molar-refractivity contribution in [1.29, 1.82) is 0 Å². The molecule has 2 N–H and O–H groups in total. The summed E-state index contributed by atoms with van der Waals surface area (Å²) in [6.07, 6.45) is 5.23. The lowest BCUT2D eigenvalue weighted by atomic mass is 10.1. The van der Waals surface area contributed by atoms with E-state index >= 15 is 0 Å². The first-order valence-corrected chi connectivity index (χ1v) is 8.20. The Bertz CT molecular complexity index is 983. The van der Waals surface area contributed by atoms with Gasteiger partial charge in [0.25, 0.3) is 5.91 Å². The van der Waals surface area contributed by atoms with Crippen LogP contribution in [0, 0.1) is 13.8 Å². The molecule has 1 saturated carbocycles. The van der Waals surface area contributed by atoms with E-state index in [2.05, 4.69) is 32.6 Å². The average molecular weight is 340 g/mol. The summed E-state index contributed by atoms with van der Waals surface area (Å²) in [4.78, 5) is 21.4. The predicted molar refractivity (Wildman–Crippen MR) is 93.7 cm³/mol. The van der Waals surface area contributed by atoms with Gasteiger partial charge in [-0.2, -0.15) is 5.10 Å². The molecule has 0 radical (unpaired) electrons. The zero-order chi connectivity index (χ0) is 17.8. The normalized spacial score (nSPS) is 15.4. The number of aryl methyl sites for hydroxylation is 2. The summed E-state index contributed by atoms with van der Waals surface area (Å²) in [6.45, 7) is 5.79. The lowest BCUT2D eigenvalue weighted by molar-refractivity contribution is 0.102. The Morgan fingerprint density at radius 2 is 2.08 bits per heavy atom. The third-order valence-electron chi connectivity index (χ3n) is 4.80. The smallest absolute Gasteiger partial charge is 0.260 e. The van der Waals surface area contributed by atoms with Crippen molar-refractivity contribution in [3.05, 3.63) is 29.5 Å². The van der Waals surface area contributed by atoms with Crippen LogP contribution in [0.3, 0.4) is 0 Å². The van der Waals surface area contributed by atoms with E-state index in [-0.39, 0.29) is 11.4 Å². The highest BCUT2D eigenvalue weighted by atomic mass is 16.3. The molecular formula is C17H20N6O2. The van der Waals surface area contributed by atoms with Crippen LogP contribution in [0.4, 0.5) is 11.5 Å². The van der Waals surface area contributed by atoms with Crippen LogP contribution in [0.25, 0.3) is 11.1 Å². The van der Waals surface area contributed by atoms with E-state index in [9.17, 15) is 4.79 Å². The molecule has 1 fully saturated rings. The van der Waals surface area contributed by atoms with Gasteiger partial charge in [-0.3, -0.25) is 9.48 Å². The molecule has 0 unspecified atom stereocenters. The number of rotatable bonds is 4. The summed E-state index contributed by atoms with van der Waals surface area (Å²) in [5.41, 5.74) is 2.43. The molecule has 1 aliphatic carbocycles. The lowest BCUT2D eigenvalue weighted by Crippen LogP contribution is -2.18. The molecule has 3 aromatic heterocycles. The third-order valence-corrected chi connectivity index (χ3v) is 4.80. The summed E-state index contributed by atoms with van der Waals surface area (Å²) in [7, 11) is 1.83. The van der Waals surface area contributed by atoms with Crippen molar-refractivity contribution in [3.8, 4) is 0 Å². The standard InChI is InChI=1S/C17H20N6O2/c1-9-11(7-20-23(9)4)21-15(24)12-10(2)25-16-13(12)14(18-8-19-16)22-17(3)5-6-17/h7-8H,5-6H2,1-4H3,(H,21,24)(H,18,19,22). The molecule has 3 aromatic rings. The molecule has 0 bridgehead atoms. The quantitative estimate of drug-likeness (QED) is 0.758. The molecule has 0 saturated heterocycles. The first-order chi connectivity index (χ1) is 11.9. The number of hydrogen-bond acceptors (Lipinski definition) is 6. The second-order valence-electron chi connectivity index (χ2n) is 6.84. The lowest BCUT2D eigenvalue weighted by Gasteiger charge is -2.13. The van der Waals surface area contributed by atoms with Gasteiger partial charge in [0.1, 0.15) is 17.9 Å². The van der Waals surface area contributed by atoms with E-state index in [0.29, 0.717) is 33.9 Å². The number of aromatic nitrogens is 4. The molecule has 3 heterocycles. The number of anilines is 2. The molecule has 0 aliphatic heterocycles. The van der Waals surface area contributed by atoms with Crippen LogP contribution in [-0.4, -0.2) is 31.2 Å². The highest BCUT2D eigenvalue weighted by Crippen LogP contribution is 2.40. The van der Waals surface area contributed by atoms with Crippen molar-refractivity contribution < 1.29 is 9.21 Å². The summed E-state index contributed by atoms with van der Waals surface area (Å²) in [5.74, 6) is 0.889. The topological polar surface area (TPSA) is 97.9 Å². The minimum atomic E-state index is -0.258. The number of carbonyl (C=O) groups excluding carboxylic acids is 1. The van der Waals surface area contributed by atoms with Crippen molar-refractivity contribution in [2.75, 3.05) is 10.6 Å². The zero-order valence-corrected chi connectivity index (χ0v) is 14.7. The SMILES string of the molecule is Cc1oc2ncnc(NC3(C)CC3)c2c1C(=O)Nc1cnn(C)c1C. The molecule has 4 rings (SSSR count). The van der Waals surface area contributed by atoms with Crippen molar-refractivity contribution in [3.63, 3.8) is 0 Å². The van der Waals surface area contributed by atoms with E-state index in [1.807, 2.05) is 14.0 Å². The van der Waals surface area contributed by atoms with E-state index in [4.69, 9.17) is 4.42 Å². The van der Waals surface area contributed by atoms with Crippen LogP contribution in [-0.2, 0) is 7.05 Å². The zero-order valence-electron chi connectivity index (χ0n) is 14.7. The largest absolute Gasteiger partial charge is 0.442 e. The van der Waals surface area contributed by atoms with Crippen LogP contribution in [0.15, 0.2) is 16.9 Å². The second kappa shape index (κ2) is 5.30. The number of nitrogens with one attached hydrogen (secondary N) is 2. The molecular weight excluding hydrogens is 320 g/mol. The van der Waals surface area contributed by atoms with E-state index in [1.54, 1.807) is 17.8 Å². The minimum Gasteiger partial charge on any atom is -0.442 e. The molecule has 0 aromatic carbocycles. The predicted octanol–water partition coefficient (Wildman–Crippen LogP) is 2.79. The van der Waals surface area contributed by atoms with Crippen molar-refractivity contribution >= 4 is 28.5 Å². The summed E-state index contributed by atoms with van der Waals surface area (Å²) in [5, 5.41) is 11.1. The molecule has 0 spiro atoms. The highest BCUT2D eigenvalue weighted by Gasteiger charge is 2.38. The average Bonchev–Trinajstić information content (AvgIpc) is 3.06. The Morgan fingerprint density at radius 1 is 1.32 bits per heavy atom. The Labute approximate surface area is 144 Å². The number of hydrogen-bond donors (Lipinski definition) is 2. The number of amides is 1. The van der Waals surface area contributed by atoms with Crippen molar-refractivity contribution in [2.45, 2.75) is 39.2 Å². The third kappa shape index (κ3) is 2.63. The van der Waals surface area contributed by atoms with Crippen LogP contribution in [0.1, 0.15) is 41.6 Å². The van der Waals surface area contributed by atoms with Gasteiger partial charge >= 0.3 is 0 Å². The highest BCUT2D eigenvalue weighted by molar-refractivity contribution is 6.15. The van der Waals surface area contributed by atoms with Crippen molar-refractivity contribution in [1.82, 2.24) is 19.7 Å². The van der Waals surface area contributed by atoms with Gasteiger partial charge < -0.3 is 15.1 Å². The van der Waals surface area contributed by atoms with Gasteiger partial charge in [-0.25, -0.2) is 9.97 Å². The van der Waals surface area contributed by atoms with Gasteiger partial charge in [0.15, 0.2) is 0 Å². The first kappa shape index (κ1) is 15.6.